The van der Waals surface area contributed by atoms with E-state index in [0.29, 0.717) is 13.0 Å². The second kappa shape index (κ2) is 9.59. The SMILES string of the molecule is CCOC(=O)CCCOc1ccc(NC(=O)OC(C)(C)C)c([N+](=O)[O-])c1. The third kappa shape index (κ3) is 7.82. The highest BCUT2D eigenvalue weighted by atomic mass is 16.6. The van der Waals surface area contributed by atoms with Crippen LogP contribution in [0.5, 0.6) is 5.75 Å². The van der Waals surface area contributed by atoms with Crippen LogP contribution in [0.25, 0.3) is 0 Å². The molecule has 0 aliphatic heterocycles. The monoisotopic (exact) mass is 368 g/mol. The molecule has 9 nitrogen and oxygen atoms in total. The second-order valence-corrected chi connectivity index (χ2v) is 6.32. The Bertz CT molecular complexity index is 653. The summed E-state index contributed by atoms with van der Waals surface area (Å²) < 4.78 is 15.3. The first-order valence-electron chi connectivity index (χ1n) is 8.19. The summed E-state index contributed by atoms with van der Waals surface area (Å²) in [6.07, 6.45) is -0.164. The number of hydrogen-bond acceptors (Lipinski definition) is 7. The maximum atomic E-state index is 11.8. The number of amides is 1. The summed E-state index contributed by atoms with van der Waals surface area (Å²) in [6.45, 7) is 7.31. The predicted octanol–water partition coefficient (Wildman–Crippen LogP) is 3.66. The van der Waals surface area contributed by atoms with Crippen molar-refractivity contribution < 1.29 is 28.7 Å². The molecule has 1 N–H and O–H groups in total. The third-order valence-corrected chi connectivity index (χ3v) is 2.90. The van der Waals surface area contributed by atoms with Crippen LogP contribution in [0.4, 0.5) is 16.2 Å². The Morgan fingerprint density at radius 1 is 1.27 bits per heavy atom. The van der Waals surface area contributed by atoms with Gasteiger partial charge in [-0.3, -0.25) is 20.2 Å². The number of carbonyl (C=O) groups is 2. The van der Waals surface area contributed by atoms with Gasteiger partial charge in [-0.2, -0.15) is 0 Å². The van der Waals surface area contributed by atoms with E-state index in [9.17, 15) is 19.7 Å². The zero-order valence-corrected chi connectivity index (χ0v) is 15.4. The molecule has 0 aromatic heterocycles. The van der Waals surface area contributed by atoms with E-state index in [1.807, 2.05) is 0 Å². The first-order valence-corrected chi connectivity index (χ1v) is 8.19. The quantitative estimate of drug-likeness (QED) is 0.322. The van der Waals surface area contributed by atoms with Crippen LogP contribution in [-0.2, 0) is 14.3 Å². The standard InChI is InChI=1S/C17H24N2O7/c1-5-24-15(20)7-6-10-25-12-8-9-13(14(11-12)19(22)23)18-16(21)26-17(2,3)4/h8-9,11H,5-7,10H2,1-4H3,(H,18,21). The normalized spacial score (nSPS) is 10.8. The minimum atomic E-state index is -0.788. The van der Waals surface area contributed by atoms with Crippen molar-refractivity contribution in [2.45, 2.75) is 46.1 Å². The van der Waals surface area contributed by atoms with Crippen LogP contribution in [0.3, 0.4) is 0 Å². The summed E-state index contributed by atoms with van der Waals surface area (Å²) in [6, 6.07) is 4.06. The van der Waals surface area contributed by atoms with E-state index >= 15 is 0 Å². The van der Waals surface area contributed by atoms with E-state index in [1.54, 1.807) is 27.7 Å². The summed E-state index contributed by atoms with van der Waals surface area (Å²) in [7, 11) is 0. The molecule has 26 heavy (non-hydrogen) atoms. The molecule has 0 spiro atoms. The molecule has 0 radical (unpaired) electrons. The van der Waals surface area contributed by atoms with Gasteiger partial charge in [-0.25, -0.2) is 4.79 Å². The van der Waals surface area contributed by atoms with Gasteiger partial charge in [0.2, 0.25) is 0 Å². The smallest absolute Gasteiger partial charge is 0.412 e. The number of carbonyl (C=O) groups excluding carboxylic acids is 2. The van der Waals surface area contributed by atoms with Gasteiger partial charge in [0.15, 0.2) is 0 Å². The average molecular weight is 368 g/mol. The Labute approximate surface area is 151 Å². The number of hydrogen-bond donors (Lipinski definition) is 1. The van der Waals surface area contributed by atoms with E-state index < -0.39 is 16.6 Å². The molecule has 0 heterocycles. The molecule has 1 rings (SSSR count). The van der Waals surface area contributed by atoms with Crippen molar-refractivity contribution in [1.82, 2.24) is 0 Å². The van der Waals surface area contributed by atoms with Gasteiger partial charge < -0.3 is 14.2 Å². The fraction of sp³-hybridized carbons (Fsp3) is 0.529. The van der Waals surface area contributed by atoms with Gasteiger partial charge in [0.05, 0.1) is 24.2 Å². The van der Waals surface area contributed by atoms with Crippen molar-refractivity contribution in [3.8, 4) is 5.75 Å². The largest absolute Gasteiger partial charge is 0.493 e. The number of nitrogens with one attached hydrogen (secondary N) is 1. The highest BCUT2D eigenvalue weighted by Crippen LogP contribution is 2.29. The lowest BCUT2D eigenvalue weighted by Gasteiger charge is -2.19. The molecule has 1 aromatic carbocycles. The molecule has 0 saturated heterocycles. The minimum Gasteiger partial charge on any atom is -0.493 e. The first-order chi connectivity index (χ1) is 12.1. The Balaban J connectivity index is 2.69. The van der Waals surface area contributed by atoms with Crippen LogP contribution < -0.4 is 10.1 Å². The maximum absolute atomic E-state index is 11.8. The van der Waals surface area contributed by atoms with Crippen molar-refractivity contribution in [3.63, 3.8) is 0 Å². The Morgan fingerprint density at radius 3 is 2.54 bits per heavy atom. The molecule has 1 aromatic rings. The number of anilines is 1. The van der Waals surface area contributed by atoms with E-state index in [-0.39, 0.29) is 36.1 Å². The van der Waals surface area contributed by atoms with Crippen molar-refractivity contribution in [2.75, 3.05) is 18.5 Å². The lowest BCUT2D eigenvalue weighted by molar-refractivity contribution is -0.384. The van der Waals surface area contributed by atoms with Gasteiger partial charge in [0.1, 0.15) is 17.0 Å². The molecular formula is C17H24N2O7. The third-order valence-electron chi connectivity index (χ3n) is 2.90. The van der Waals surface area contributed by atoms with Gasteiger partial charge in [-0.1, -0.05) is 0 Å². The fourth-order valence-electron chi connectivity index (χ4n) is 1.91. The number of rotatable bonds is 8. The minimum absolute atomic E-state index is 0.00289. The number of nitro groups is 1. The summed E-state index contributed by atoms with van der Waals surface area (Å²) in [5, 5.41) is 13.6. The highest BCUT2D eigenvalue weighted by Gasteiger charge is 2.21. The van der Waals surface area contributed by atoms with Gasteiger partial charge in [0, 0.05) is 6.42 Å². The molecular weight excluding hydrogens is 344 g/mol. The Kier molecular flexibility index (Phi) is 7.82. The number of benzene rings is 1. The van der Waals surface area contributed by atoms with Crippen molar-refractivity contribution >= 4 is 23.4 Å². The maximum Gasteiger partial charge on any atom is 0.412 e. The van der Waals surface area contributed by atoms with E-state index in [1.165, 1.54) is 18.2 Å². The van der Waals surface area contributed by atoms with Gasteiger partial charge in [-0.15, -0.1) is 0 Å². The zero-order chi connectivity index (χ0) is 19.7. The molecule has 0 unspecified atom stereocenters. The first kappa shape index (κ1) is 21.2. The van der Waals surface area contributed by atoms with Crippen LogP contribution in [0.15, 0.2) is 18.2 Å². The molecule has 0 aliphatic carbocycles. The van der Waals surface area contributed by atoms with E-state index in [2.05, 4.69) is 5.32 Å². The summed E-state index contributed by atoms with van der Waals surface area (Å²) in [4.78, 5) is 33.6. The Morgan fingerprint density at radius 2 is 1.96 bits per heavy atom. The molecule has 0 aliphatic rings. The average Bonchev–Trinajstić information content (AvgIpc) is 2.51. The van der Waals surface area contributed by atoms with E-state index in [4.69, 9.17) is 14.2 Å². The predicted molar refractivity (Wildman–Crippen MR) is 94.3 cm³/mol. The number of ether oxygens (including phenoxy) is 3. The Hall–Kier alpha value is -2.84. The van der Waals surface area contributed by atoms with Crippen LogP contribution >= 0.6 is 0 Å². The van der Waals surface area contributed by atoms with Gasteiger partial charge in [0.25, 0.3) is 5.69 Å². The molecule has 0 fully saturated rings. The van der Waals surface area contributed by atoms with Crippen molar-refractivity contribution in [1.29, 1.82) is 0 Å². The lowest BCUT2D eigenvalue weighted by Crippen LogP contribution is -2.27. The van der Waals surface area contributed by atoms with Crippen molar-refractivity contribution in [3.05, 3.63) is 28.3 Å². The molecule has 144 valence electrons. The molecule has 0 atom stereocenters. The number of esters is 1. The topological polar surface area (TPSA) is 117 Å². The zero-order valence-electron chi connectivity index (χ0n) is 15.4. The number of nitro benzene ring substituents is 1. The van der Waals surface area contributed by atoms with Gasteiger partial charge in [-0.05, 0) is 46.2 Å². The van der Waals surface area contributed by atoms with Crippen LogP contribution in [-0.4, -0.2) is 35.8 Å². The van der Waals surface area contributed by atoms with E-state index in [0.717, 1.165) is 0 Å². The van der Waals surface area contributed by atoms with Crippen LogP contribution in [0.2, 0.25) is 0 Å². The summed E-state index contributed by atoms with van der Waals surface area (Å²) in [5.41, 5.74) is -1.04. The van der Waals surface area contributed by atoms with Crippen LogP contribution in [0.1, 0.15) is 40.5 Å². The van der Waals surface area contributed by atoms with Gasteiger partial charge >= 0.3 is 12.1 Å². The van der Waals surface area contributed by atoms with Crippen molar-refractivity contribution in [2.24, 2.45) is 0 Å². The molecule has 9 heteroatoms. The molecule has 0 saturated carbocycles. The second-order valence-electron chi connectivity index (χ2n) is 6.32. The van der Waals surface area contributed by atoms with Crippen LogP contribution in [0, 0.1) is 10.1 Å². The molecule has 0 bridgehead atoms. The fourth-order valence-corrected chi connectivity index (χ4v) is 1.91. The molecule has 1 amide bonds. The highest BCUT2D eigenvalue weighted by molar-refractivity contribution is 5.88. The lowest BCUT2D eigenvalue weighted by atomic mass is 10.2. The number of nitrogens with zero attached hydrogens (tertiary/aromatic N) is 1. The summed E-state index contributed by atoms with van der Waals surface area (Å²) >= 11 is 0. The summed E-state index contributed by atoms with van der Waals surface area (Å²) in [5.74, 6) is -0.0608.